The summed E-state index contributed by atoms with van der Waals surface area (Å²) in [6.07, 6.45) is 3.48. The highest BCUT2D eigenvalue weighted by molar-refractivity contribution is 5.74. The zero-order chi connectivity index (χ0) is 32.3. The molecular formula is C35H28F5NO4. The van der Waals surface area contributed by atoms with Crippen LogP contribution < -0.4 is 9.47 Å². The average Bonchev–Trinajstić information content (AvgIpc) is 3.02. The van der Waals surface area contributed by atoms with E-state index in [2.05, 4.69) is 0 Å². The molecule has 0 aliphatic rings. The Labute approximate surface area is 256 Å². The fourth-order valence-electron chi connectivity index (χ4n) is 4.69. The fraction of sp³-hybridized carbons (Fsp3) is 0.229. The number of carbonyl (C=O) groups excluding carboxylic acids is 2. The minimum Gasteiger partial charge on any atom is -0.427 e. The molecule has 0 fully saturated rings. The van der Waals surface area contributed by atoms with Gasteiger partial charge in [-0.1, -0.05) is 37.5 Å². The maximum absolute atomic E-state index is 14.5. The van der Waals surface area contributed by atoms with Gasteiger partial charge in [-0.15, -0.1) is 0 Å². The van der Waals surface area contributed by atoms with E-state index in [9.17, 15) is 31.5 Å². The van der Waals surface area contributed by atoms with Gasteiger partial charge in [0.25, 0.3) is 0 Å². The van der Waals surface area contributed by atoms with E-state index < -0.39 is 41.9 Å². The summed E-state index contributed by atoms with van der Waals surface area (Å²) in [4.78, 5) is 24.4. The second kappa shape index (κ2) is 15.6. The number of esters is 2. The Balaban J connectivity index is 1.14. The van der Waals surface area contributed by atoms with Crippen molar-refractivity contribution in [1.29, 1.82) is 5.26 Å². The number of hydrogen-bond acceptors (Lipinski definition) is 5. The monoisotopic (exact) mass is 621 g/mol. The highest BCUT2D eigenvalue weighted by atomic mass is 19.2. The topological polar surface area (TPSA) is 76.4 Å². The van der Waals surface area contributed by atoms with E-state index in [1.165, 1.54) is 48.5 Å². The summed E-state index contributed by atoms with van der Waals surface area (Å²) in [6.45, 7) is -0.862. The first-order valence-corrected chi connectivity index (χ1v) is 14.2. The normalized spacial score (nSPS) is 10.8. The molecule has 10 heteroatoms. The zero-order valence-electron chi connectivity index (χ0n) is 24.1. The lowest BCUT2D eigenvalue weighted by Crippen LogP contribution is -2.08. The van der Waals surface area contributed by atoms with Gasteiger partial charge in [-0.05, 0) is 83.6 Å². The van der Waals surface area contributed by atoms with Crippen molar-refractivity contribution in [3.63, 3.8) is 0 Å². The molecule has 0 radical (unpaired) electrons. The van der Waals surface area contributed by atoms with Gasteiger partial charge in [-0.2, -0.15) is 5.26 Å². The molecule has 5 nitrogen and oxygen atoms in total. The maximum atomic E-state index is 14.5. The highest BCUT2D eigenvalue weighted by Gasteiger charge is 2.14. The third kappa shape index (κ3) is 8.99. The Morgan fingerprint density at radius 3 is 1.73 bits per heavy atom. The Bertz CT molecular complexity index is 1730. The summed E-state index contributed by atoms with van der Waals surface area (Å²) in [7, 11) is 0. The van der Waals surface area contributed by atoms with Gasteiger partial charge in [0, 0.05) is 24.5 Å². The summed E-state index contributed by atoms with van der Waals surface area (Å²) in [5.74, 6) is -4.45. The number of hydrogen-bond donors (Lipinski definition) is 0. The molecule has 0 aliphatic carbocycles. The molecule has 4 aromatic rings. The van der Waals surface area contributed by atoms with E-state index >= 15 is 0 Å². The molecule has 0 saturated heterocycles. The van der Waals surface area contributed by atoms with Crippen molar-refractivity contribution in [2.75, 3.05) is 0 Å². The summed E-state index contributed by atoms with van der Waals surface area (Å²) < 4.78 is 79.3. The lowest BCUT2D eigenvalue weighted by atomic mass is 9.99. The SMILES string of the molecule is N#Cc1ccc(-c2ccc(OC(=O)CCCCCCCC(=O)Oc3ccc(-c4ccc(F)c(F)c4)c(F)c3)cc2CF)cc1F. The van der Waals surface area contributed by atoms with Crippen LogP contribution in [0.15, 0.2) is 72.8 Å². The summed E-state index contributed by atoms with van der Waals surface area (Å²) >= 11 is 0. The third-order valence-corrected chi connectivity index (χ3v) is 7.02. The van der Waals surface area contributed by atoms with Crippen molar-refractivity contribution in [3.05, 3.63) is 107 Å². The van der Waals surface area contributed by atoms with E-state index in [1.807, 2.05) is 0 Å². The first-order chi connectivity index (χ1) is 21.7. The van der Waals surface area contributed by atoms with Gasteiger partial charge in [0.2, 0.25) is 0 Å². The van der Waals surface area contributed by atoms with Crippen LogP contribution in [0.4, 0.5) is 22.0 Å². The van der Waals surface area contributed by atoms with E-state index in [4.69, 9.17) is 14.7 Å². The van der Waals surface area contributed by atoms with Crippen LogP contribution >= 0.6 is 0 Å². The van der Waals surface area contributed by atoms with E-state index in [0.29, 0.717) is 36.8 Å². The van der Waals surface area contributed by atoms with E-state index in [0.717, 1.165) is 30.7 Å². The molecule has 0 bridgehead atoms. The van der Waals surface area contributed by atoms with Gasteiger partial charge in [0.05, 0.1) is 5.56 Å². The smallest absolute Gasteiger partial charge is 0.311 e. The molecule has 0 aromatic heterocycles. The number of carbonyl (C=O) groups is 2. The summed E-state index contributed by atoms with van der Waals surface area (Å²) in [5.41, 5.74) is 1.11. The molecule has 0 unspecified atom stereocenters. The number of nitriles is 1. The van der Waals surface area contributed by atoms with Gasteiger partial charge < -0.3 is 9.47 Å². The Morgan fingerprint density at radius 1 is 0.600 bits per heavy atom. The van der Waals surface area contributed by atoms with Crippen LogP contribution in [0, 0.1) is 34.6 Å². The van der Waals surface area contributed by atoms with E-state index in [1.54, 1.807) is 6.07 Å². The van der Waals surface area contributed by atoms with Crippen molar-refractivity contribution in [2.45, 2.75) is 51.6 Å². The Morgan fingerprint density at radius 2 is 1.16 bits per heavy atom. The van der Waals surface area contributed by atoms with Gasteiger partial charge in [0.15, 0.2) is 11.6 Å². The molecule has 232 valence electrons. The number of nitrogens with zero attached hydrogens (tertiary/aromatic N) is 1. The minimum atomic E-state index is -1.10. The minimum absolute atomic E-state index is 0.00114. The van der Waals surface area contributed by atoms with Crippen LogP contribution in [0.1, 0.15) is 56.1 Å². The molecule has 0 heterocycles. The summed E-state index contributed by atoms with van der Waals surface area (Å²) in [5, 5.41) is 8.89. The number of halogens is 5. The molecule has 0 spiro atoms. The Hall–Kier alpha value is -5.04. The highest BCUT2D eigenvalue weighted by Crippen LogP contribution is 2.30. The molecule has 4 rings (SSSR count). The van der Waals surface area contributed by atoms with Crippen LogP contribution in [0.5, 0.6) is 11.5 Å². The van der Waals surface area contributed by atoms with E-state index in [-0.39, 0.29) is 46.6 Å². The van der Waals surface area contributed by atoms with Crippen LogP contribution in [-0.2, 0) is 16.3 Å². The van der Waals surface area contributed by atoms with Crippen LogP contribution in [0.2, 0.25) is 0 Å². The lowest BCUT2D eigenvalue weighted by Gasteiger charge is -2.11. The van der Waals surface area contributed by atoms with Crippen LogP contribution in [-0.4, -0.2) is 11.9 Å². The number of ether oxygens (including phenoxy) is 2. The van der Waals surface area contributed by atoms with Gasteiger partial charge in [0.1, 0.15) is 35.9 Å². The molecule has 0 N–H and O–H groups in total. The van der Waals surface area contributed by atoms with Crippen molar-refractivity contribution >= 4 is 11.9 Å². The van der Waals surface area contributed by atoms with Crippen molar-refractivity contribution in [2.24, 2.45) is 0 Å². The van der Waals surface area contributed by atoms with Crippen LogP contribution in [0.3, 0.4) is 0 Å². The molecule has 4 aromatic carbocycles. The molecule has 45 heavy (non-hydrogen) atoms. The predicted octanol–water partition coefficient (Wildman–Crippen LogP) is 9.16. The standard InChI is InChI=1S/C35H28F5NO4/c36-20-25-16-26(11-13-28(25)22-8-9-24(21-41)31(38)17-22)44-34(42)6-4-2-1-3-5-7-35(43)45-27-12-14-29(32(39)19-27)23-10-15-30(37)33(40)18-23/h8-19H,1-7,20H2. The van der Waals surface area contributed by atoms with Crippen molar-refractivity contribution < 1.29 is 41.0 Å². The second-order valence-corrected chi connectivity index (χ2v) is 10.2. The molecular weight excluding hydrogens is 593 g/mol. The first-order valence-electron chi connectivity index (χ1n) is 14.2. The first kappa shape index (κ1) is 32.9. The largest absolute Gasteiger partial charge is 0.427 e. The number of benzene rings is 4. The van der Waals surface area contributed by atoms with Crippen molar-refractivity contribution in [1.82, 2.24) is 0 Å². The number of alkyl halides is 1. The fourth-order valence-corrected chi connectivity index (χ4v) is 4.69. The van der Waals surface area contributed by atoms with Crippen LogP contribution in [0.25, 0.3) is 22.3 Å². The molecule has 0 saturated carbocycles. The summed E-state index contributed by atoms with van der Waals surface area (Å²) in [6, 6.07) is 16.9. The zero-order valence-corrected chi connectivity index (χ0v) is 24.1. The van der Waals surface area contributed by atoms with Gasteiger partial charge >= 0.3 is 11.9 Å². The molecule has 0 amide bonds. The lowest BCUT2D eigenvalue weighted by molar-refractivity contribution is -0.135. The third-order valence-electron chi connectivity index (χ3n) is 7.02. The second-order valence-electron chi connectivity index (χ2n) is 10.2. The number of unbranched alkanes of at least 4 members (excludes halogenated alkanes) is 4. The predicted molar refractivity (Wildman–Crippen MR) is 157 cm³/mol. The molecule has 0 aliphatic heterocycles. The average molecular weight is 622 g/mol. The van der Waals surface area contributed by atoms with Crippen molar-refractivity contribution in [3.8, 4) is 39.8 Å². The van der Waals surface area contributed by atoms with Gasteiger partial charge in [-0.25, -0.2) is 22.0 Å². The van der Waals surface area contributed by atoms with Gasteiger partial charge in [-0.3, -0.25) is 9.59 Å². The number of rotatable bonds is 13. The quantitative estimate of drug-likeness (QED) is 0.0644. The molecule has 0 atom stereocenters. The Kier molecular flexibility index (Phi) is 11.4. The maximum Gasteiger partial charge on any atom is 0.311 e.